The summed E-state index contributed by atoms with van der Waals surface area (Å²) in [6.45, 7) is 0.973. The molecule has 4 rings (SSSR count). The average Bonchev–Trinajstić information content (AvgIpc) is 2.78. The minimum atomic E-state index is -0.902. The highest BCUT2D eigenvalue weighted by Crippen LogP contribution is 2.25. The van der Waals surface area contributed by atoms with Crippen molar-refractivity contribution in [3.05, 3.63) is 65.2 Å². The maximum absolute atomic E-state index is 14.6. The Morgan fingerprint density at radius 1 is 1.06 bits per heavy atom. The van der Waals surface area contributed by atoms with Crippen molar-refractivity contribution >= 4 is 29.8 Å². The molecule has 3 heterocycles. The van der Waals surface area contributed by atoms with E-state index >= 15 is 0 Å². The number of imide groups is 2. The Morgan fingerprint density at radius 2 is 1.72 bits per heavy atom. The first-order chi connectivity index (χ1) is 15.4. The van der Waals surface area contributed by atoms with Crippen LogP contribution in [0.2, 0.25) is 0 Å². The Labute approximate surface area is 182 Å². The minimum Gasteiger partial charge on any atom is -0.487 e. The first-order valence-corrected chi connectivity index (χ1v) is 9.94. The van der Waals surface area contributed by atoms with E-state index in [1.165, 1.54) is 18.2 Å². The molecule has 1 aromatic carbocycles. The van der Waals surface area contributed by atoms with Gasteiger partial charge in [0.2, 0.25) is 0 Å². The SMILES string of the molecule is O=C1NC(=O)C(=Cc2ccc(OC3CCN(C(=O)c4ccncc4)CC3)c(F)c2)C(=O)N1. The normalized spacial score (nSPS) is 17.0. The van der Waals surface area contributed by atoms with Crippen molar-refractivity contribution in [1.82, 2.24) is 20.5 Å². The molecule has 0 saturated carbocycles. The van der Waals surface area contributed by atoms with Crippen LogP contribution in [0.25, 0.3) is 6.08 Å². The Balaban J connectivity index is 1.37. The van der Waals surface area contributed by atoms with E-state index in [4.69, 9.17) is 4.74 Å². The van der Waals surface area contributed by atoms with Crippen LogP contribution in [0.3, 0.4) is 0 Å². The lowest BCUT2D eigenvalue weighted by molar-refractivity contribution is -0.123. The number of halogens is 1. The van der Waals surface area contributed by atoms with E-state index < -0.39 is 23.7 Å². The fraction of sp³-hybridized carbons (Fsp3) is 0.227. The van der Waals surface area contributed by atoms with Gasteiger partial charge in [0.05, 0.1) is 0 Å². The molecule has 0 radical (unpaired) electrons. The summed E-state index contributed by atoms with van der Waals surface area (Å²) in [5, 5.41) is 3.91. The van der Waals surface area contributed by atoms with Gasteiger partial charge in [0, 0.05) is 43.9 Å². The molecule has 1 aromatic heterocycles. The van der Waals surface area contributed by atoms with Crippen molar-refractivity contribution in [3.8, 4) is 5.75 Å². The number of ether oxygens (including phenoxy) is 1. The van der Waals surface area contributed by atoms with E-state index in [0.717, 1.165) is 6.07 Å². The van der Waals surface area contributed by atoms with E-state index in [2.05, 4.69) is 4.98 Å². The fourth-order valence-electron chi connectivity index (χ4n) is 3.51. The summed E-state index contributed by atoms with van der Waals surface area (Å²) in [6.07, 6.45) is 5.17. The van der Waals surface area contributed by atoms with E-state index in [1.807, 2.05) is 10.6 Å². The van der Waals surface area contributed by atoms with Gasteiger partial charge < -0.3 is 9.64 Å². The molecule has 10 heteroatoms. The van der Waals surface area contributed by atoms with Crippen LogP contribution in [0, 0.1) is 5.82 Å². The largest absolute Gasteiger partial charge is 0.487 e. The van der Waals surface area contributed by atoms with Crippen molar-refractivity contribution in [2.45, 2.75) is 18.9 Å². The van der Waals surface area contributed by atoms with Crippen LogP contribution in [-0.2, 0) is 9.59 Å². The number of aromatic nitrogens is 1. The quantitative estimate of drug-likeness (QED) is 0.554. The topological polar surface area (TPSA) is 118 Å². The number of carbonyl (C=O) groups excluding carboxylic acids is 4. The number of hydrogen-bond acceptors (Lipinski definition) is 6. The van der Waals surface area contributed by atoms with E-state index in [1.54, 1.807) is 29.4 Å². The first-order valence-electron chi connectivity index (χ1n) is 9.94. The predicted molar refractivity (Wildman–Crippen MR) is 110 cm³/mol. The summed E-state index contributed by atoms with van der Waals surface area (Å²) in [6, 6.07) is 6.48. The van der Waals surface area contributed by atoms with Crippen LogP contribution < -0.4 is 15.4 Å². The Bertz CT molecular complexity index is 1090. The highest BCUT2D eigenvalue weighted by atomic mass is 19.1. The summed E-state index contributed by atoms with van der Waals surface area (Å²) in [5.41, 5.74) is 0.533. The van der Waals surface area contributed by atoms with Gasteiger partial charge in [-0.2, -0.15) is 0 Å². The number of urea groups is 1. The molecule has 164 valence electrons. The van der Waals surface area contributed by atoms with Gasteiger partial charge in [0.25, 0.3) is 17.7 Å². The second-order valence-corrected chi connectivity index (χ2v) is 7.33. The van der Waals surface area contributed by atoms with Gasteiger partial charge in [-0.15, -0.1) is 0 Å². The number of nitrogens with zero attached hydrogens (tertiary/aromatic N) is 2. The number of amides is 5. The van der Waals surface area contributed by atoms with Crippen molar-refractivity contribution in [2.24, 2.45) is 0 Å². The molecule has 2 N–H and O–H groups in total. The summed E-state index contributed by atoms with van der Waals surface area (Å²) in [7, 11) is 0. The second kappa shape index (κ2) is 8.96. The average molecular weight is 438 g/mol. The molecule has 2 saturated heterocycles. The maximum atomic E-state index is 14.6. The number of carbonyl (C=O) groups is 4. The van der Waals surface area contributed by atoms with Crippen molar-refractivity contribution in [2.75, 3.05) is 13.1 Å². The molecule has 2 aliphatic heterocycles. The number of benzene rings is 1. The lowest BCUT2D eigenvalue weighted by Crippen LogP contribution is -2.51. The van der Waals surface area contributed by atoms with E-state index in [-0.39, 0.29) is 28.9 Å². The van der Waals surface area contributed by atoms with Gasteiger partial charge in [-0.05, 0) is 35.9 Å². The molecule has 9 nitrogen and oxygen atoms in total. The predicted octanol–water partition coefficient (Wildman–Crippen LogP) is 1.65. The van der Waals surface area contributed by atoms with Crippen LogP contribution in [0.15, 0.2) is 48.3 Å². The van der Waals surface area contributed by atoms with Gasteiger partial charge in [-0.1, -0.05) is 6.07 Å². The van der Waals surface area contributed by atoms with E-state index in [0.29, 0.717) is 31.5 Å². The number of likely N-dealkylation sites (tertiary alicyclic amines) is 1. The van der Waals surface area contributed by atoms with Gasteiger partial charge in [-0.25, -0.2) is 9.18 Å². The third kappa shape index (κ3) is 4.64. The number of hydrogen-bond donors (Lipinski definition) is 2. The Hall–Kier alpha value is -4.08. The Kier molecular flexibility index (Phi) is 5.93. The molecule has 2 fully saturated rings. The van der Waals surface area contributed by atoms with Crippen LogP contribution >= 0.6 is 0 Å². The van der Waals surface area contributed by atoms with Crippen LogP contribution in [-0.4, -0.2) is 52.8 Å². The van der Waals surface area contributed by atoms with Gasteiger partial charge >= 0.3 is 6.03 Å². The highest BCUT2D eigenvalue weighted by molar-refractivity contribution is 6.31. The van der Waals surface area contributed by atoms with Crippen molar-refractivity contribution in [3.63, 3.8) is 0 Å². The molecule has 0 unspecified atom stereocenters. The number of barbiturate groups is 1. The molecule has 5 amide bonds. The summed E-state index contributed by atoms with van der Waals surface area (Å²) < 4.78 is 20.3. The zero-order chi connectivity index (χ0) is 22.7. The molecule has 0 bridgehead atoms. The van der Waals surface area contributed by atoms with Gasteiger partial charge in [0.1, 0.15) is 11.7 Å². The molecular formula is C22H19FN4O5. The van der Waals surface area contributed by atoms with E-state index in [9.17, 15) is 23.6 Å². The lowest BCUT2D eigenvalue weighted by atomic mass is 10.1. The second-order valence-electron chi connectivity index (χ2n) is 7.33. The summed E-state index contributed by atoms with van der Waals surface area (Å²) >= 11 is 0. The molecule has 32 heavy (non-hydrogen) atoms. The fourth-order valence-corrected chi connectivity index (χ4v) is 3.51. The monoisotopic (exact) mass is 438 g/mol. The smallest absolute Gasteiger partial charge is 0.328 e. The number of nitrogens with one attached hydrogen (secondary N) is 2. The van der Waals surface area contributed by atoms with Crippen molar-refractivity contribution in [1.29, 1.82) is 0 Å². The standard InChI is InChI=1S/C22H19FN4O5/c23-17-12-13(11-16-19(28)25-22(31)26-20(16)29)1-2-18(17)32-15-5-9-27(10-6-15)21(30)14-3-7-24-8-4-14/h1-4,7-8,11-12,15H,5-6,9-10H2,(H2,25,26,28,29,31). The summed E-state index contributed by atoms with van der Waals surface area (Å²) in [4.78, 5) is 52.8. The molecule has 2 aromatic rings. The Morgan fingerprint density at radius 3 is 2.34 bits per heavy atom. The third-order valence-corrected chi connectivity index (χ3v) is 5.16. The zero-order valence-corrected chi connectivity index (χ0v) is 16.8. The van der Waals surface area contributed by atoms with Crippen LogP contribution in [0.1, 0.15) is 28.8 Å². The molecule has 0 atom stereocenters. The third-order valence-electron chi connectivity index (χ3n) is 5.16. The lowest BCUT2D eigenvalue weighted by Gasteiger charge is -2.32. The molecule has 0 aliphatic carbocycles. The zero-order valence-electron chi connectivity index (χ0n) is 16.8. The van der Waals surface area contributed by atoms with Crippen LogP contribution in [0.4, 0.5) is 9.18 Å². The molecular weight excluding hydrogens is 419 g/mol. The van der Waals surface area contributed by atoms with Gasteiger partial charge in [-0.3, -0.25) is 30.0 Å². The summed E-state index contributed by atoms with van der Waals surface area (Å²) in [5.74, 6) is -2.40. The molecule has 0 spiro atoms. The number of piperidine rings is 1. The van der Waals surface area contributed by atoms with Crippen LogP contribution in [0.5, 0.6) is 5.75 Å². The maximum Gasteiger partial charge on any atom is 0.328 e. The highest BCUT2D eigenvalue weighted by Gasteiger charge is 2.28. The number of pyridine rings is 1. The minimum absolute atomic E-state index is 0.0405. The van der Waals surface area contributed by atoms with Crippen molar-refractivity contribution < 1.29 is 28.3 Å². The van der Waals surface area contributed by atoms with Gasteiger partial charge in [0.15, 0.2) is 11.6 Å². The number of rotatable bonds is 4. The molecule has 2 aliphatic rings. The first kappa shape index (κ1) is 21.2.